The van der Waals surface area contributed by atoms with E-state index < -0.39 is 10.0 Å². The molecule has 1 saturated heterocycles. The number of rotatable bonds is 4. The summed E-state index contributed by atoms with van der Waals surface area (Å²) < 4.78 is 25.6. The Morgan fingerprint density at radius 3 is 2.27 bits per heavy atom. The van der Waals surface area contributed by atoms with Crippen molar-refractivity contribution in [3.8, 4) is 0 Å². The fourth-order valence-electron chi connectivity index (χ4n) is 2.30. The Balaban J connectivity index is 2.74. The van der Waals surface area contributed by atoms with Gasteiger partial charge in [-0.3, -0.25) is 0 Å². The van der Waals surface area contributed by atoms with E-state index in [1.807, 2.05) is 13.8 Å². The van der Waals surface area contributed by atoms with E-state index in [-0.39, 0.29) is 24.4 Å². The van der Waals surface area contributed by atoms with E-state index in [0.29, 0.717) is 6.42 Å². The fourth-order valence-corrected chi connectivity index (χ4v) is 4.31. The van der Waals surface area contributed by atoms with Gasteiger partial charge in [-0.05, 0) is 33.1 Å². The summed E-state index contributed by atoms with van der Waals surface area (Å²) in [6.45, 7) is 3.87. The van der Waals surface area contributed by atoms with Crippen LogP contribution in [0.2, 0.25) is 0 Å². The molecule has 4 nitrogen and oxygen atoms in total. The Kier molecular flexibility index (Phi) is 4.55. The Morgan fingerprint density at radius 1 is 1.27 bits per heavy atom. The predicted octanol–water partition coefficient (Wildman–Crippen LogP) is 0.962. The van der Waals surface area contributed by atoms with Gasteiger partial charge in [-0.15, -0.1) is 0 Å². The van der Waals surface area contributed by atoms with Crippen LogP contribution in [0.15, 0.2) is 0 Å². The first kappa shape index (κ1) is 12.9. The molecule has 1 fully saturated rings. The lowest BCUT2D eigenvalue weighted by molar-refractivity contribution is 0.203. The maximum Gasteiger partial charge on any atom is 0.214 e. The molecule has 0 aromatic heterocycles. The summed E-state index contributed by atoms with van der Waals surface area (Å²) in [5.41, 5.74) is 0. The summed E-state index contributed by atoms with van der Waals surface area (Å²) in [5.74, 6) is 0.0676. The molecule has 2 atom stereocenters. The van der Waals surface area contributed by atoms with Crippen molar-refractivity contribution in [2.75, 3.05) is 12.4 Å². The van der Waals surface area contributed by atoms with Crippen molar-refractivity contribution in [2.45, 2.75) is 51.6 Å². The number of aliphatic hydroxyl groups excluding tert-OH is 1. The van der Waals surface area contributed by atoms with Gasteiger partial charge in [0.25, 0.3) is 0 Å². The van der Waals surface area contributed by atoms with Crippen molar-refractivity contribution in [1.29, 1.82) is 0 Å². The summed E-state index contributed by atoms with van der Waals surface area (Å²) in [5, 5.41) is 8.68. The van der Waals surface area contributed by atoms with Crippen molar-refractivity contribution in [3.63, 3.8) is 0 Å². The highest BCUT2D eigenvalue weighted by Gasteiger charge is 2.33. The third kappa shape index (κ3) is 3.16. The SMILES string of the molecule is C[C@@H]1CCC[C@H](C)N1S(=O)(=O)CCCO. The maximum absolute atomic E-state index is 12.0. The van der Waals surface area contributed by atoms with Gasteiger partial charge in [0.2, 0.25) is 10.0 Å². The van der Waals surface area contributed by atoms with Gasteiger partial charge in [-0.25, -0.2) is 8.42 Å². The number of hydrogen-bond donors (Lipinski definition) is 1. The lowest BCUT2D eigenvalue weighted by atomic mass is 10.0. The summed E-state index contributed by atoms with van der Waals surface area (Å²) in [4.78, 5) is 0. The summed E-state index contributed by atoms with van der Waals surface area (Å²) in [7, 11) is -3.17. The van der Waals surface area contributed by atoms with E-state index in [1.54, 1.807) is 4.31 Å². The van der Waals surface area contributed by atoms with Crippen LogP contribution < -0.4 is 0 Å². The van der Waals surface area contributed by atoms with Gasteiger partial charge >= 0.3 is 0 Å². The van der Waals surface area contributed by atoms with Crippen LogP contribution >= 0.6 is 0 Å². The van der Waals surface area contributed by atoms with Crippen LogP contribution in [-0.4, -0.2) is 42.3 Å². The van der Waals surface area contributed by atoms with E-state index in [9.17, 15) is 8.42 Å². The molecule has 1 N–H and O–H groups in total. The summed E-state index contributed by atoms with van der Waals surface area (Å²) >= 11 is 0. The van der Waals surface area contributed by atoms with Crippen LogP contribution in [0.4, 0.5) is 0 Å². The molecule has 1 aliphatic rings. The quantitative estimate of drug-likeness (QED) is 0.789. The highest BCUT2D eigenvalue weighted by Crippen LogP contribution is 2.25. The first-order valence-corrected chi connectivity index (χ1v) is 7.22. The molecule has 90 valence electrons. The lowest BCUT2D eigenvalue weighted by Gasteiger charge is -2.37. The number of sulfonamides is 1. The molecule has 15 heavy (non-hydrogen) atoms. The first-order chi connectivity index (χ1) is 6.99. The molecule has 1 aliphatic heterocycles. The van der Waals surface area contributed by atoms with Crippen LogP contribution in [0.5, 0.6) is 0 Å². The van der Waals surface area contributed by atoms with E-state index >= 15 is 0 Å². The number of nitrogens with zero attached hydrogens (tertiary/aromatic N) is 1. The van der Waals surface area contributed by atoms with Crippen molar-refractivity contribution in [1.82, 2.24) is 4.31 Å². The van der Waals surface area contributed by atoms with Gasteiger partial charge in [-0.2, -0.15) is 4.31 Å². The Bertz CT molecular complexity index is 279. The zero-order valence-electron chi connectivity index (χ0n) is 9.52. The standard InChI is InChI=1S/C10H21NO3S/c1-9-5-3-6-10(2)11(9)15(13,14)8-4-7-12/h9-10,12H,3-8H2,1-2H3/t9-,10+. The number of piperidine rings is 1. The van der Waals surface area contributed by atoms with E-state index in [1.165, 1.54) is 0 Å². The molecule has 0 aliphatic carbocycles. The molecular weight excluding hydrogens is 214 g/mol. The largest absolute Gasteiger partial charge is 0.396 e. The monoisotopic (exact) mass is 235 g/mol. The minimum Gasteiger partial charge on any atom is -0.396 e. The third-order valence-corrected chi connectivity index (χ3v) is 5.16. The average molecular weight is 235 g/mol. The fraction of sp³-hybridized carbons (Fsp3) is 1.00. The second kappa shape index (κ2) is 5.27. The number of hydrogen-bond acceptors (Lipinski definition) is 3. The third-order valence-electron chi connectivity index (χ3n) is 2.99. The van der Waals surface area contributed by atoms with Gasteiger partial charge in [0.05, 0.1) is 5.75 Å². The van der Waals surface area contributed by atoms with Crippen LogP contribution in [0.25, 0.3) is 0 Å². The van der Waals surface area contributed by atoms with Crippen LogP contribution in [0.1, 0.15) is 39.5 Å². The normalized spacial score (nSPS) is 29.3. The van der Waals surface area contributed by atoms with Crippen molar-refractivity contribution >= 4 is 10.0 Å². The van der Waals surface area contributed by atoms with Gasteiger partial charge in [0, 0.05) is 18.7 Å². The Labute approximate surface area is 92.3 Å². The Hall–Kier alpha value is -0.130. The molecule has 0 aromatic carbocycles. The maximum atomic E-state index is 12.0. The second-order valence-electron chi connectivity index (χ2n) is 4.35. The van der Waals surface area contributed by atoms with Gasteiger partial charge in [0.15, 0.2) is 0 Å². The minimum absolute atomic E-state index is 0.0597. The lowest BCUT2D eigenvalue weighted by Crippen LogP contribution is -2.48. The average Bonchev–Trinajstić information content (AvgIpc) is 2.14. The van der Waals surface area contributed by atoms with E-state index in [4.69, 9.17) is 5.11 Å². The highest BCUT2D eigenvalue weighted by molar-refractivity contribution is 7.89. The van der Waals surface area contributed by atoms with Crippen LogP contribution in [0.3, 0.4) is 0 Å². The van der Waals surface area contributed by atoms with Crippen molar-refractivity contribution < 1.29 is 13.5 Å². The summed E-state index contributed by atoms with van der Waals surface area (Å²) in [6, 6.07) is 0.217. The molecule has 5 heteroatoms. The minimum atomic E-state index is -3.17. The smallest absolute Gasteiger partial charge is 0.214 e. The van der Waals surface area contributed by atoms with Gasteiger partial charge in [-0.1, -0.05) is 6.42 Å². The molecule has 0 bridgehead atoms. The van der Waals surface area contributed by atoms with Crippen LogP contribution in [-0.2, 0) is 10.0 Å². The van der Waals surface area contributed by atoms with Crippen molar-refractivity contribution in [3.05, 3.63) is 0 Å². The molecule has 0 amide bonds. The first-order valence-electron chi connectivity index (χ1n) is 5.61. The van der Waals surface area contributed by atoms with Gasteiger partial charge < -0.3 is 5.11 Å². The second-order valence-corrected chi connectivity index (χ2v) is 6.35. The molecule has 0 radical (unpaired) electrons. The van der Waals surface area contributed by atoms with Crippen molar-refractivity contribution in [2.24, 2.45) is 0 Å². The molecule has 0 saturated carbocycles. The zero-order valence-corrected chi connectivity index (χ0v) is 10.3. The molecule has 0 aromatic rings. The summed E-state index contributed by atoms with van der Waals surface area (Å²) in [6.07, 6.45) is 3.33. The topological polar surface area (TPSA) is 57.6 Å². The molecule has 0 unspecified atom stereocenters. The van der Waals surface area contributed by atoms with Crippen LogP contribution in [0, 0.1) is 0 Å². The predicted molar refractivity (Wildman–Crippen MR) is 60.1 cm³/mol. The zero-order chi connectivity index (χ0) is 11.5. The van der Waals surface area contributed by atoms with E-state index in [0.717, 1.165) is 19.3 Å². The molecule has 0 spiro atoms. The molecule has 1 rings (SSSR count). The highest BCUT2D eigenvalue weighted by atomic mass is 32.2. The molecular formula is C10H21NO3S. The van der Waals surface area contributed by atoms with E-state index in [2.05, 4.69) is 0 Å². The Morgan fingerprint density at radius 2 is 1.80 bits per heavy atom. The molecule has 1 heterocycles. The van der Waals surface area contributed by atoms with Gasteiger partial charge in [0.1, 0.15) is 0 Å². The number of aliphatic hydroxyl groups is 1.